The highest BCUT2D eigenvalue weighted by Crippen LogP contribution is 2.31. The summed E-state index contributed by atoms with van der Waals surface area (Å²) in [5.41, 5.74) is 7.65. The lowest BCUT2D eigenvalue weighted by molar-refractivity contribution is 0.0730. The highest BCUT2D eigenvalue weighted by molar-refractivity contribution is 7.09. The monoisotopic (exact) mass is 287 g/mol. The average molecular weight is 287 g/mol. The molecule has 0 bridgehead atoms. The zero-order chi connectivity index (χ0) is 14.1. The van der Waals surface area contributed by atoms with E-state index in [0.29, 0.717) is 23.8 Å². The fraction of sp³-hybridized carbons (Fsp3) is 0.333. The van der Waals surface area contributed by atoms with Gasteiger partial charge in [0, 0.05) is 10.9 Å². The van der Waals surface area contributed by atoms with Crippen LogP contribution in [0.5, 0.6) is 0 Å². The van der Waals surface area contributed by atoms with Gasteiger partial charge in [-0.1, -0.05) is 6.07 Å². The zero-order valence-electron chi connectivity index (χ0n) is 11.4. The highest BCUT2D eigenvalue weighted by atomic mass is 32.1. The third-order valence-electron chi connectivity index (χ3n) is 3.49. The Morgan fingerprint density at radius 3 is 3.00 bits per heavy atom. The van der Waals surface area contributed by atoms with Gasteiger partial charge in [-0.15, -0.1) is 11.3 Å². The summed E-state index contributed by atoms with van der Waals surface area (Å²) in [5.74, 6) is 0.0400. The maximum atomic E-state index is 12.8. The molecular weight excluding hydrogens is 270 g/mol. The first-order valence-corrected chi connectivity index (χ1v) is 7.58. The maximum Gasteiger partial charge on any atom is 0.256 e. The van der Waals surface area contributed by atoms with Crippen LogP contribution in [0.4, 0.5) is 5.69 Å². The van der Waals surface area contributed by atoms with Crippen molar-refractivity contribution >= 4 is 22.9 Å². The predicted molar refractivity (Wildman–Crippen MR) is 80.6 cm³/mol. The zero-order valence-corrected chi connectivity index (χ0v) is 12.2. The molecule has 0 unspecified atom stereocenters. The summed E-state index contributed by atoms with van der Waals surface area (Å²) < 4.78 is 0. The maximum absolute atomic E-state index is 12.8. The summed E-state index contributed by atoms with van der Waals surface area (Å²) in [5, 5.41) is 2.04. The lowest BCUT2D eigenvalue weighted by Crippen LogP contribution is -2.33. The second kappa shape index (κ2) is 5.25. The Balaban J connectivity index is 1.87. The van der Waals surface area contributed by atoms with Crippen LogP contribution in [0.3, 0.4) is 0 Å². The quantitative estimate of drug-likeness (QED) is 0.940. The first-order chi connectivity index (χ1) is 9.65. The van der Waals surface area contributed by atoms with Crippen LogP contribution in [0.1, 0.15) is 33.8 Å². The van der Waals surface area contributed by atoms with Gasteiger partial charge in [-0.25, -0.2) is 0 Å². The van der Waals surface area contributed by atoms with Crippen LogP contribution >= 0.6 is 11.3 Å². The number of nitrogen functional groups attached to an aromatic ring is 1. The van der Waals surface area contributed by atoms with Crippen molar-refractivity contribution in [2.75, 3.05) is 5.73 Å². The molecule has 20 heavy (non-hydrogen) atoms. The number of pyridine rings is 1. The predicted octanol–water partition coefficient (Wildman–Crippen LogP) is 2.84. The molecule has 4 nitrogen and oxygen atoms in total. The van der Waals surface area contributed by atoms with Crippen molar-refractivity contribution in [2.24, 2.45) is 0 Å². The number of amides is 1. The smallest absolute Gasteiger partial charge is 0.256 e. The molecule has 2 aromatic heterocycles. The molecule has 1 amide bonds. The lowest BCUT2D eigenvalue weighted by atomic mass is 10.1. The van der Waals surface area contributed by atoms with Gasteiger partial charge in [0.05, 0.1) is 29.7 Å². The number of nitrogens with zero attached hydrogens (tertiary/aromatic N) is 2. The van der Waals surface area contributed by atoms with E-state index < -0.39 is 0 Å². The lowest BCUT2D eigenvalue weighted by Gasteiger charge is -2.22. The summed E-state index contributed by atoms with van der Waals surface area (Å²) in [6.07, 6.45) is 3.77. The van der Waals surface area contributed by atoms with Gasteiger partial charge >= 0.3 is 0 Å². The molecule has 0 aromatic carbocycles. The van der Waals surface area contributed by atoms with Gasteiger partial charge < -0.3 is 10.6 Å². The van der Waals surface area contributed by atoms with E-state index in [-0.39, 0.29) is 5.91 Å². The SMILES string of the molecule is Cc1ncc(N)cc1C(=O)N(Cc1cccs1)C1CC1. The van der Waals surface area contributed by atoms with E-state index in [1.165, 1.54) is 4.88 Å². The van der Waals surface area contributed by atoms with E-state index in [2.05, 4.69) is 11.1 Å². The van der Waals surface area contributed by atoms with E-state index in [1.54, 1.807) is 23.6 Å². The van der Waals surface area contributed by atoms with Crippen molar-refractivity contribution in [1.82, 2.24) is 9.88 Å². The fourth-order valence-electron chi connectivity index (χ4n) is 2.24. The highest BCUT2D eigenvalue weighted by Gasteiger charge is 2.33. The van der Waals surface area contributed by atoms with Gasteiger partial charge in [0.1, 0.15) is 0 Å². The van der Waals surface area contributed by atoms with Gasteiger partial charge in [-0.2, -0.15) is 0 Å². The Hall–Kier alpha value is -1.88. The molecule has 2 aromatic rings. The van der Waals surface area contributed by atoms with Gasteiger partial charge in [-0.05, 0) is 37.3 Å². The molecule has 0 atom stereocenters. The van der Waals surface area contributed by atoms with E-state index >= 15 is 0 Å². The molecule has 0 spiro atoms. The number of nitrogens with two attached hydrogens (primary N) is 1. The van der Waals surface area contributed by atoms with Gasteiger partial charge in [0.2, 0.25) is 0 Å². The Morgan fingerprint density at radius 2 is 2.35 bits per heavy atom. The van der Waals surface area contributed by atoms with Crippen LogP contribution < -0.4 is 5.73 Å². The third-order valence-corrected chi connectivity index (χ3v) is 4.35. The molecular formula is C15H17N3OS. The first kappa shape index (κ1) is 13.1. The minimum Gasteiger partial charge on any atom is -0.397 e. The van der Waals surface area contributed by atoms with Crippen LogP contribution in [0.25, 0.3) is 0 Å². The van der Waals surface area contributed by atoms with E-state index in [0.717, 1.165) is 18.5 Å². The third kappa shape index (κ3) is 2.67. The van der Waals surface area contributed by atoms with Gasteiger partial charge in [0.25, 0.3) is 5.91 Å². The number of aryl methyl sites for hydroxylation is 1. The van der Waals surface area contributed by atoms with E-state index in [4.69, 9.17) is 5.73 Å². The minimum absolute atomic E-state index is 0.0400. The number of rotatable bonds is 4. The second-order valence-electron chi connectivity index (χ2n) is 5.15. The Morgan fingerprint density at radius 1 is 1.55 bits per heavy atom. The molecule has 0 saturated heterocycles. The molecule has 1 saturated carbocycles. The molecule has 104 valence electrons. The summed E-state index contributed by atoms with van der Waals surface area (Å²) in [6.45, 7) is 2.53. The number of anilines is 1. The minimum atomic E-state index is 0.0400. The molecule has 1 aliphatic rings. The summed E-state index contributed by atoms with van der Waals surface area (Å²) >= 11 is 1.68. The molecule has 0 radical (unpaired) electrons. The van der Waals surface area contributed by atoms with Crippen molar-refractivity contribution < 1.29 is 4.79 Å². The van der Waals surface area contributed by atoms with Crippen LogP contribution in [-0.2, 0) is 6.54 Å². The molecule has 0 aliphatic heterocycles. The Bertz CT molecular complexity index is 620. The molecule has 2 heterocycles. The summed E-state index contributed by atoms with van der Waals surface area (Å²) in [6, 6.07) is 6.18. The summed E-state index contributed by atoms with van der Waals surface area (Å²) in [4.78, 5) is 20.1. The number of carbonyl (C=O) groups excluding carboxylic acids is 1. The molecule has 2 N–H and O–H groups in total. The van der Waals surface area contributed by atoms with Gasteiger partial charge in [-0.3, -0.25) is 9.78 Å². The van der Waals surface area contributed by atoms with E-state index in [1.807, 2.05) is 23.3 Å². The molecule has 1 fully saturated rings. The number of hydrogen-bond donors (Lipinski definition) is 1. The molecule has 1 aliphatic carbocycles. The number of thiophene rings is 1. The Kier molecular flexibility index (Phi) is 3.44. The van der Waals surface area contributed by atoms with Crippen LogP contribution in [0.2, 0.25) is 0 Å². The van der Waals surface area contributed by atoms with Crippen molar-refractivity contribution in [2.45, 2.75) is 32.4 Å². The number of hydrogen-bond acceptors (Lipinski definition) is 4. The normalized spacial score (nSPS) is 14.2. The number of carbonyl (C=O) groups is 1. The van der Waals surface area contributed by atoms with Crippen molar-refractivity contribution in [3.63, 3.8) is 0 Å². The topological polar surface area (TPSA) is 59.2 Å². The van der Waals surface area contributed by atoms with Crippen molar-refractivity contribution in [3.8, 4) is 0 Å². The second-order valence-corrected chi connectivity index (χ2v) is 6.18. The van der Waals surface area contributed by atoms with Crippen molar-refractivity contribution in [1.29, 1.82) is 0 Å². The summed E-state index contributed by atoms with van der Waals surface area (Å²) in [7, 11) is 0. The van der Waals surface area contributed by atoms with Crippen LogP contribution in [0, 0.1) is 6.92 Å². The van der Waals surface area contributed by atoms with Gasteiger partial charge in [0.15, 0.2) is 0 Å². The number of aromatic nitrogens is 1. The molecule has 3 rings (SSSR count). The standard InChI is InChI=1S/C15H17N3OS/c1-10-14(7-11(16)8-17-10)15(19)18(12-4-5-12)9-13-3-2-6-20-13/h2-3,6-8,12H,4-5,9,16H2,1H3. The first-order valence-electron chi connectivity index (χ1n) is 6.70. The largest absolute Gasteiger partial charge is 0.397 e. The average Bonchev–Trinajstić information content (AvgIpc) is 3.15. The van der Waals surface area contributed by atoms with Crippen molar-refractivity contribution in [3.05, 3.63) is 45.9 Å². The fourth-order valence-corrected chi connectivity index (χ4v) is 2.95. The Labute approximate surface area is 122 Å². The van der Waals surface area contributed by atoms with Crippen LogP contribution in [-0.4, -0.2) is 21.8 Å². The molecule has 5 heteroatoms. The van der Waals surface area contributed by atoms with E-state index in [9.17, 15) is 4.79 Å². The van der Waals surface area contributed by atoms with Crippen LogP contribution in [0.15, 0.2) is 29.8 Å².